The van der Waals surface area contributed by atoms with Crippen LogP contribution in [0, 0.1) is 0 Å². The molecule has 8 heteroatoms. The summed E-state index contributed by atoms with van der Waals surface area (Å²) < 4.78 is 0. The monoisotopic (exact) mass is 299 g/mol. The van der Waals surface area contributed by atoms with E-state index in [1.807, 2.05) is 6.07 Å². The quantitative estimate of drug-likeness (QED) is 0.884. The fourth-order valence-corrected chi connectivity index (χ4v) is 2.70. The molecule has 8 nitrogen and oxygen atoms in total. The molecule has 2 fully saturated rings. The van der Waals surface area contributed by atoms with Gasteiger partial charge in [-0.1, -0.05) is 0 Å². The van der Waals surface area contributed by atoms with Crippen molar-refractivity contribution in [1.82, 2.24) is 30.3 Å². The molecule has 0 atom stereocenters. The summed E-state index contributed by atoms with van der Waals surface area (Å²) in [6, 6.07) is 4.11. The van der Waals surface area contributed by atoms with Crippen LogP contribution in [0.1, 0.15) is 35.1 Å². The van der Waals surface area contributed by atoms with Crippen LogP contribution in [-0.4, -0.2) is 62.4 Å². The minimum atomic E-state index is -0.104. The van der Waals surface area contributed by atoms with Crippen molar-refractivity contribution in [2.75, 3.05) is 31.1 Å². The predicted octanol–water partition coefficient (Wildman–Crippen LogP) is 0.434. The van der Waals surface area contributed by atoms with Gasteiger partial charge in [0, 0.05) is 32.1 Å². The van der Waals surface area contributed by atoms with E-state index in [4.69, 9.17) is 0 Å². The second-order valence-electron chi connectivity index (χ2n) is 5.70. The molecule has 0 spiro atoms. The Morgan fingerprint density at radius 1 is 1.14 bits per heavy atom. The van der Waals surface area contributed by atoms with Crippen molar-refractivity contribution in [3.05, 3.63) is 30.0 Å². The largest absolute Gasteiger partial charge is 0.352 e. The molecule has 1 N–H and O–H groups in total. The molecular weight excluding hydrogens is 282 g/mol. The number of nitrogens with zero attached hydrogens (tertiary/aromatic N) is 6. The number of carbonyl (C=O) groups is 1. The first kappa shape index (κ1) is 13.2. The smallest absolute Gasteiger partial charge is 0.291 e. The van der Waals surface area contributed by atoms with Gasteiger partial charge in [0.15, 0.2) is 5.82 Å². The lowest BCUT2D eigenvalue weighted by Crippen LogP contribution is -2.49. The van der Waals surface area contributed by atoms with E-state index in [0.29, 0.717) is 24.8 Å². The van der Waals surface area contributed by atoms with E-state index in [1.54, 1.807) is 4.90 Å². The average molecular weight is 299 g/mol. The molecule has 1 saturated heterocycles. The maximum Gasteiger partial charge on any atom is 0.291 e. The van der Waals surface area contributed by atoms with Crippen LogP contribution in [0.4, 0.5) is 5.82 Å². The van der Waals surface area contributed by atoms with Crippen molar-refractivity contribution < 1.29 is 4.79 Å². The number of rotatable bonds is 3. The Kier molecular flexibility index (Phi) is 3.21. The lowest BCUT2D eigenvalue weighted by Gasteiger charge is -2.34. The van der Waals surface area contributed by atoms with Gasteiger partial charge in [0.1, 0.15) is 6.33 Å². The first-order valence-corrected chi connectivity index (χ1v) is 7.54. The summed E-state index contributed by atoms with van der Waals surface area (Å²) in [7, 11) is 0. The summed E-state index contributed by atoms with van der Waals surface area (Å²) in [5.41, 5.74) is 1.10. The number of hydrogen-bond acceptors (Lipinski definition) is 6. The van der Waals surface area contributed by atoms with E-state index in [0.717, 1.165) is 24.6 Å². The van der Waals surface area contributed by atoms with Crippen molar-refractivity contribution in [1.29, 1.82) is 0 Å². The highest BCUT2D eigenvalue weighted by atomic mass is 16.2. The third-order valence-corrected chi connectivity index (χ3v) is 4.18. The molecule has 2 aliphatic rings. The molecule has 1 aliphatic heterocycles. The van der Waals surface area contributed by atoms with Gasteiger partial charge >= 0.3 is 0 Å². The van der Waals surface area contributed by atoms with Gasteiger partial charge in [0.2, 0.25) is 5.82 Å². The molecular formula is C14H17N7O. The SMILES string of the molecule is O=C(c1ncn[nH]1)N1CCN(c2ccc(C3CC3)nn2)CC1. The number of aromatic amines is 1. The minimum absolute atomic E-state index is 0.104. The lowest BCUT2D eigenvalue weighted by atomic mass is 10.2. The zero-order valence-electron chi connectivity index (χ0n) is 12.1. The Morgan fingerprint density at radius 3 is 2.55 bits per heavy atom. The number of aromatic nitrogens is 5. The molecule has 2 aromatic heterocycles. The summed E-state index contributed by atoms with van der Waals surface area (Å²) >= 11 is 0. The number of H-pyrrole nitrogens is 1. The number of carbonyl (C=O) groups excluding carboxylic acids is 1. The fourth-order valence-electron chi connectivity index (χ4n) is 2.70. The zero-order chi connectivity index (χ0) is 14.9. The van der Waals surface area contributed by atoms with E-state index in [2.05, 4.69) is 36.3 Å². The molecule has 0 radical (unpaired) electrons. The Morgan fingerprint density at radius 2 is 1.95 bits per heavy atom. The molecule has 0 bridgehead atoms. The van der Waals surface area contributed by atoms with Crippen LogP contribution in [0.25, 0.3) is 0 Å². The van der Waals surface area contributed by atoms with E-state index in [1.165, 1.54) is 19.2 Å². The third-order valence-electron chi connectivity index (χ3n) is 4.18. The molecule has 114 valence electrons. The number of piperazine rings is 1. The van der Waals surface area contributed by atoms with Crippen LogP contribution >= 0.6 is 0 Å². The van der Waals surface area contributed by atoms with E-state index < -0.39 is 0 Å². The van der Waals surface area contributed by atoms with Gasteiger partial charge in [0.05, 0.1) is 5.69 Å². The van der Waals surface area contributed by atoms with Gasteiger partial charge in [-0.05, 0) is 25.0 Å². The second kappa shape index (κ2) is 5.36. The molecule has 0 unspecified atom stereocenters. The number of amides is 1. The normalized spacial score (nSPS) is 18.5. The summed E-state index contributed by atoms with van der Waals surface area (Å²) in [5.74, 6) is 1.70. The lowest BCUT2D eigenvalue weighted by molar-refractivity contribution is 0.0734. The molecule has 1 saturated carbocycles. The van der Waals surface area contributed by atoms with Crippen LogP contribution in [0.15, 0.2) is 18.5 Å². The number of nitrogens with one attached hydrogen (secondary N) is 1. The molecule has 4 rings (SSSR count). The molecule has 2 aromatic rings. The number of hydrogen-bond donors (Lipinski definition) is 1. The van der Waals surface area contributed by atoms with Crippen LogP contribution in [0.3, 0.4) is 0 Å². The van der Waals surface area contributed by atoms with E-state index in [9.17, 15) is 4.79 Å². The average Bonchev–Trinajstić information content (AvgIpc) is 3.29. The highest BCUT2D eigenvalue weighted by Crippen LogP contribution is 2.38. The maximum absolute atomic E-state index is 12.2. The summed E-state index contributed by atoms with van der Waals surface area (Å²) in [6.45, 7) is 2.78. The number of anilines is 1. The Labute approximate surface area is 127 Å². The second-order valence-corrected chi connectivity index (χ2v) is 5.70. The molecule has 1 aliphatic carbocycles. The standard InChI is InChI=1S/C14H17N7O/c22-14(13-15-9-16-19-13)21-7-5-20(6-8-21)12-4-3-11(17-18-12)10-1-2-10/h3-4,9-10H,1-2,5-8H2,(H,15,16,19). The minimum Gasteiger partial charge on any atom is -0.352 e. The molecule has 1 amide bonds. The third kappa shape index (κ3) is 2.51. The van der Waals surface area contributed by atoms with Crippen LogP contribution in [0.5, 0.6) is 0 Å². The van der Waals surface area contributed by atoms with Gasteiger partial charge in [-0.15, -0.1) is 5.10 Å². The topological polar surface area (TPSA) is 90.9 Å². The Hall–Kier alpha value is -2.51. The van der Waals surface area contributed by atoms with Gasteiger partial charge in [-0.2, -0.15) is 10.2 Å². The first-order chi connectivity index (χ1) is 10.8. The molecule has 0 aromatic carbocycles. The highest BCUT2D eigenvalue weighted by Gasteiger charge is 2.27. The van der Waals surface area contributed by atoms with Gasteiger partial charge < -0.3 is 9.80 Å². The Balaban J connectivity index is 1.38. The van der Waals surface area contributed by atoms with Crippen LogP contribution < -0.4 is 4.90 Å². The summed E-state index contributed by atoms with van der Waals surface area (Å²) in [5, 5.41) is 15.0. The van der Waals surface area contributed by atoms with Crippen molar-refractivity contribution in [2.45, 2.75) is 18.8 Å². The van der Waals surface area contributed by atoms with Crippen molar-refractivity contribution in [2.24, 2.45) is 0 Å². The Bertz CT molecular complexity index is 642. The predicted molar refractivity (Wildman–Crippen MR) is 78.5 cm³/mol. The highest BCUT2D eigenvalue weighted by molar-refractivity contribution is 5.90. The van der Waals surface area contributed by atoms with E-state index >= 15 is 0 Å². The fraction of sp³-hybridized carbons (Fsp3) is 0.500. The van der Waals surface area contributed by atoms with Crippen molar-refractivity contribution >= 4 is 11.7 Å². The van der Waals surface area contributed by atoms with Gasteiger partial charge in [0.25, 0.3) is 5.91 Å². The molecule has 3 heterocycles. The summed E-state index contributed by atoms with van der Waals surface area (Å²) in [4.78, 5) is 20.0. The van der Waals surface area contributed by atoms with Crippen molar-refractivity contribution in [3.8, 4) is 0 Å². The first-order valence-electron chi connectivity index (χ1n) is 7.54. The van der Waals surface area contributed by atoms with Gasteiger partial charge in [-0.25, -0.2) is 4.98 Å². The van der Waals surface area contributed by atoms with Crippen molar-refractivity contribution in [3.63, 3.8) is 0 Å². The summed E-state index contributed by atoms with van der Waals surface area (Å²) in [6.07, 6.45) is 3.81. The van der Waals surface area contributed by atoms with Crippen LogP contribution in [0.2, 0.25) is 0 Å². The zero-order valence-corrected chi connectivity index (χ0v) is 12.1. The van der Waals surface area contributed by atoms with Crippen LogP contribution in [-0.2, 0) is 0 Å². The molecule has 22 heavy (non-hydrogen) atoms. The maximum atomic E-state index is 12.2. The van der Waals surface area contributed by atoms with Gasteiger partial charge in [-0.3, -0.25) is 9.89 Å². The van der Waals surface area contributed by atoms with E-state index in [-0.39, 0.29) is 5.91 Å².